The normalized spacial score (nSPS) is 20.3. The van der Waals surface area contributed by atoms with Gasteiger partial charge >= 0.3 is 0 Å². The average molecular weight is 432 g/mol. The van der Waals surface area contributed by atoms with Crippen LogP contribution in [0.2, 0.25) is 5.02 Å². The number of amides is 2. The maximum absolute atomic E-state index is 13.4. The molecule has 0 spiro atoms. The summed E-state index contributed by atoms with van der Waals surface area (Å²) in [6.45, 7) is 1.02. The number of carbonyl (C=O) groups excluding carboxylic acids is 2. The molecule has 30 heavy (non-hydrogen) atoms. The summed E-state index contributed by atoms with van der Waals surface area (Å²) in [5.74, 6) is -1.93. The Labute approximate surface area is 176 Å². The van der Waals surface area contributed by atoms with Crippen molar-refractivity contribution in [2.45, 2.75) is 38.4 Å². The highest BCUT2D eigenvalue weighted by molar-refractivity contribution is 6.30. The summed E-state index contributed by atoms with van der Waals surface area (Å²) in [5, 5.41) is 10.6. The molecule has 0 bridgehead atoms. The van der Waals surface area contributed by atoms with Crippen LogP contribution >= 0.6 is 11.6 Å². The molecule has 0 aliphatic carbocycles. The first-order valence-corrected chi connectivity index (χ1v) is 10.3. The third kappa shape index (κ3) is 2.66. The van der Waals surface area contributed by atoms with Gasteiger partial charge in [0.15, 0.2) is 5.75 Å². The summed E-state index contributed by atoms with van der Waals surface area (Å²) in [6, 6.07) is 4.20. The van der Waals surface area contributed by atoms with Gasteiger partial charge in [-0.2, -0.15) is 0 Å². The van der Waals surface area contributed by atoms with Crippen molar-refractivity contribution in [3.63, 3.8) is 0 Å². The van der Waals surface area contributed by atoms with Crippen LogP contribution in [0.3, 0.4) is 0 Å². The van der Waals surface area contributed by atoms with Gasteiger partial charge in [-0.15, -0.1) is 0 Å². The summed E-state index contributed by atoms with van der Waals surface area (Å²) in [4.78, 5) is 42.2. The number of hydrogen-bond acceptors (Lipinski definition) is 4. The van der Waals surface area contributed by atoms with Crippen LogP contribution in [0.25, 0.3) is 0 Å². The van der Waals surface area contributed by atoms with Crippen molar-refractivity contribution >= 4 is 23.4 Å². The van der Waals surface area contributed by atoms with E-state index < -0.39 is 23.0 Å². The fourth-order valence-electron chi connectivity index (χ4n) is 4.79. The van der Waals surface area contributed by atoms with Gasteiger partial charge in [-0.1, -0.05) is 17.7 Å². The standard InChI is InChI=1S/C21H19ClFN3O4/c22-13-9-11(4-5-14(13)23)10-24-8-6-12-16(19(24)28)18(27)21(30)26-15-3-1-2-7-25(15)20(29)17(12)26/h4-5,9,15,27H,1-3,6-8,10H2. The van der Waals surface area contributed by atoms with E-state index in [0.29, 0.717) is 37.1 Å². The number of aromatic nitrogens is 1. The monoisotopic (exact) mass is 431 g/mol. The average Bonchev–Trinajstić information content (AvgIpc) is 3.03. The fraction of sp³-hybridized carbons (Fsp3) is 0.381. The second-order valence-corrected chi connectivity index (χ2v) is 8.33. The molecule has 1 aromatic heterocycles. The van der Waals surface area contributed by atoms with E-state index >= 15 is 0 Å². The first-order valence-electron chi connectivity index (χ1n) is 9.93. The minimum atomic E-state index is -0.702. The van der Waals surface area contributed by atoms with Crippen molar-refractivity contribution in [3.05, 3.63) is 61.8 Å². The lowest BCUT2D eigenvalue weighted by Gasteiger charge is -2.31. The minimum absolute atomic E-state index is 0.0430. The molecule has 1 N–H and O–H groups in total. The number of pyridine rings is 1. The first kappa shape index (κ1) is 19.1. The second kappa shape index (κ2) is 6.84. The molecule has 5 rings (SSSR count). The lowest BCUT2D eigenvalue weighted by atomic mass is 9.95. The number of hydrogen-bond donors (Lipinski definition) is 1. The molecule has 1 saturated heterocycles. The van der Waals surface area contributed by atoms with Gasteiger partial charge in [0.05, 0.1) is 10.6 Å². The predicted octanol–water partition coefficient (Wildman–Crippen LogP) is 2.68. The molecule has 2 aromatic rings. The predicted molar refractivity (Wildman–Crippen MR) is 106 cm³/mol. The van der Waals surface area contributed by atoms with Gasteiger partial charge < -0.3 is 14.9 Å². The topological polar surface area (TPSA) is 82.8 Å². The quantitative estimate of drug-likeness (QED) is 0.792. The lowest BCUT2D eigenvalue weighted by Crippen LogP contribution is -2.40. The SMILES string of the molecule is O=C1c2c(c3n(c(=O)c2O)C2CCCCN2C3=O)CCN1Cc1ccc(F)c(Cl)c1. The van der Waals surface area contributed by atoms with E-state index in [-0.39, 0.29) is 34.9 Å². The molecular formula is C21H19ClFN3O4. The van der Waals surface area contributed by atoms with Gasteiger partial charge in [0.25, 0.3) is 17.4 Å². The van der Waals surface area contributed by atoms with Crippen LogP contribution in [-0.2, 0) is 13.0 Å². The molecule has 4 heterocycles. The molecule has 9 heteroatoms. The van der Waals surface area contributed by atoms with E-state index in [0.717, 1.165) is 12.8 Å². The molecule has 7 nitrogen and oxygen atoms in total. The van der Waals surface area contributed by atoms with Crippen molar-refractivity contribution in [2.24, 2.45) is 0 Å². The molecule has 3 aliphatic rings. The summed E-state index contributed by atoms with van der Waals surface area (Å²) in [7, 11) is 0. The Hall–Kier alpha value is -2.87. The van der Waals surface area contributed by atoms with Crippen LogP contribution < -0.4 is 5.56 Å². The van der Waals surface area contributed by atoms with Crippen molar-refractivity contribution < 1.29 is 19.1 Å². The van der Waals surface area contributed by atoms with E-state index in [1.54, 1.807) is 4.90 Å². The molecule has 1 unspecified atom stereocenters. The molecule has 1 aromatic carbocycles. The highest BCUT2D eigenvalue weighted by Crippen LogP contribution is 2.38. The molecular weight excluding hydrogens is 413 g/mol. The Bertz CT molecular complexity index is 1160. The highest BCUT2D eigenvalue weighted by atomic mass is 35.5. The van der Waals surface area contributed by atoms with E-state index in [1.165, 1.54) is 27.7 Å². The van der Waals surface area contributed by atoms with Crippen LogP contribution in [0.1, 0.15) is 57.4 Å². The van der Waals surface area contributed by atoms with Crippen molar-refractivity contribution in [1.29, 1.82) is 0 Å². The maximum atomic E-state index is 13.4. The second-order valence-electron chi connectivity index (χ2n) is 7.93. The minimum Gasteiger partial charge on any atom is -0.502 e. The number of halogens is 2. The van der Waals surface area contributed by atoms with Gasteiger partial charge in [-0.05, 0) is 43.4 Å². The van der Waals surface area contributed by atoms with Gasteiger partial charge in [0, 0.05) is 25.2 Å². The smallest absolute Gasteiger partial charge is 0.295 e. The summed E-state index contributed by atoms with van der Waals surface area (Å²) >= 11 is 5.83. The van der Waals surface area contributed by atoms with E-state index in [1.807, 2.05) is 0 Å². The van der Waals surface area contributed by atoms with Crippen molar-refractivity contribution in [2.75, 3.05) is 13.1 Å². The van der Waals surface area contributed by atoms with Crippen LogP contribution in [-0.4, -0.2) is 44.4 Å². The molecule has 0 saturated carbocycles. The highest BCUT2D eigenvalue weighted by Gasteiger charge is 2.44. The van der Waals surface area contributed by atoms with Crippen LogP contribution in [0, 0.1) is 5.82 Å². The molecule has 3 aliphatic heterocycles. The number of nitrogens with zero attached hydrogens (tertiary/aromatic N) is 3. The number of benzene rings is 1. The maximum Gasteiger partial charge on any atom is 0.295 e. The van der Waals surface area contributed by atoms with E-state index in [9.17, 15) is 23.9 Å². The zero-order valence-corrected chi connectivity index (χ0v) is 16.8. The Morgan fingerprint density at radius 2 is 1.93 bits per heavy atom. The molecule has 1 fully saturated rings. The van der Waals surface area contributed by atoms with Crippen LogP contribution in [0.5, 0.6) is 5.75 Å². The van der Waals surface area contributed by atoms with Gasteiger partial charge in [-0.25, -0.2) is 4.39 Å². The van der Waals surface area contributed by atoms with Crippen LogP contribution in [0.4, 0.5) is 4.39 Å². The Morgan fingerprint density at radius 3 is 2.70 bits per heavy atom. The van der Waals surface area contributed by atoms with Crippen molar-refractivity contribution in [1.82, 2.24) is 14.4 Å². The zero-order valence-electron chi connectivity index (χ0n) is 16.0. The van der Waals surface area contributed by atoms with E-state index in [2.05, 4.69) is 0 Å². The fourth-order valence-corrected chi connectivity index (χ4v) is 4.99. The Balaban J connectivity index is 1.56. The van der Waals surface area contributed by atoms with Gasteiger partial charge in [0.2, 0.25) is 0 Å². The molecule has 156 valence electrons. The lowest BCUT2D eigenvalue weighted by molar-refractivity contribution is 0.0618. The Kier molecular flexibility index (Phi) is 4.36. The van der Waals surface area contributed by atoms with E-state index in [4.69, 9.17) is 11.6 Å². The number of carbonyl (C=O) groups is 2. The summed E-state index contributed by atoms with van der Waals surface area (Å²) in [5.41, 5.74) is 0.497. The largest absolute Gasteiger partial charge is 0.502 e. The van der Waals surface area contributed by atoms with Crippen molar-refractivity contribution in [3.8, 4) is 5.75 Å². The molecule has 2 amide bonds. The first-order chi connectivity index (χ1) is 14.4. The van der Waals surface area contributed by atoms with Gasteiger partial charge in [0.1, 0.15) is 17.7 Å². The number of rotatable bonds is 2. The molecule has 1 atom stereocenters. The summed E-state index contributed by atoms with van der Waals surface area (Å²) < 4.78 is 14.8. The molecule has 0 radical (unpaired) electrons. The number of aromatic hydroxyl groups is 1. The third-order valence-electron chi connectivity index (χ3n) is 6.21. The Morgan fingerprint density at radius 1 is 1.13 bits per heavy atom. The zero-order chi connectivity index (χ0) is 21.2. The van der Waals surface area contributed by atoms with Gasteiger partial charge in [-0.3, -0.25) is 19.0 Å². The summed E-state index contributed by atoms with van der Waals surface area (Å²) in [6.07, 6.45) is 2.37. The van der Waals surface area contributed by atoms with Crippen LogP contribution in [0.15, 0.2) is 23.0 Å². The number of piperidine rings is 1. The number of fused-ring (bicyclic) bond motifs is 5. The third-order valence-corrected chi connectivity index (χ3v) is 6.50.